The Morgan fingerprint density at radius 2 is 2.06 bits per heavy atom. The van der Waals surface area contributed by atoms with Gasteiger partial charge in [0, 0.05) is 13.0 Å². The van der Waals surface area contributed by atoms with Crippen molar-refractivity contribution < 1.29 is 13.2 Å². The summed E-state index contributed by atoms with van der Waals surface area (Å²) in [5, 5.41) is 0. The molecule has 0 saturated heterocycles. The largest absolute Gasteiger partial charge is 0.432 e. The molecule has 0 fully saturated rings. The van der Waals surface area contributed by atoms with Crippen LogP contribution >= 0.6 is 0 Å². The molecule has 1 unspecified atom stereocenters. The number of amidine groups is 1. The molecule has 0 saturated carbocycles. The molecular formula is C11H14F3N3. The fraction of sp³-hybridized carbons (Fsp3) is 0.636. The lowest BCUT2D eigenvalue weighted by Gasteiger charge is -2.26. The smallest absolute Gasteiger partial charge is 0.352 e. The van der Waals surface area contributed by atoms with Crippen molar-refractivity contribution in [1.82, 2.24) is 4.90 Å². The first-order valence-corrected chi connectivity index (χ1v) is 5.45. The number of allylic oxidation sites excluding steroid dienone is 1. The van der Waals surface area contributed by atoms with E-state index in [0.717, 1.165) is 11.9 Å². The minimum atomic E-state index is -4.38. The van der Waals surface area contributed by atoms with Crippen LogP contribution in [-0.2, 0) is 0 Å². The standard InChI is InChI=1S/C11H14F3N3/c1-6(2)10-16-7-4-9(11(12,13)14)15-5-8(7)17(10)3/h4,6,8H,5H2,1-3H3. The van der Waals surface area contributed by atoms with Crippen LogP contribution in [0, 0.1) is 5.92 Å². The maximum absolute atomic E-state index is 12.5. The lowest BCUT2D eigenvalue weighted by molar-refractivity contribution is -0.0581. The summed E-state index contributed by atoms with van der Waals surface area (Å²) in [6.07, 6.45) is -3.33. The number of rotatable bonds is 1. The zero-order valence-electron chi connectivity index (χ0n) is 9.91. The Kier molecular flexibility index (Phi) is 2.75. The molecule has 6 heteroatoms. The molecule has 17 heavy (non-hydrogen) atoms. The number of aliphatic imine (C=N–C) groups is 2. The topological polar surface area (TPSA) is 28.0 Å². The number of nitrogens with zero attached hydrogens (tertiary/aromatic N) is 3. The number of dihydropyridines is 1. The molecule has 2 aliphatic heterocycles. The third-order valence-electron chi connectivity index (χ3n) is 2.94. The summed E-state index contributed by atoms with van der Waals surface area (Å²) in [6, 6.07) is -0.140. The van der Waals surface area contributed by atoms with E-state index in [1.165, 1.54) is 0 Å². The van der Waals surface area contributed by atoms with Crippen molar-refractivity contribution in [2.24, 2.45) is 15.9 Å². The van der Waals surface area contributed by atoms with E-state index >= 15 is 0 Å². The second-order valence-electron chi connectivity index (χ2n) is 4.54. The van der Waals surface area contributed by atoms with E-state index in [2.05, 4.69) is 9.98 Å². The van der Waals surface area contributed by atoms with Crippen molar-refractivity contribution in [2.75, 3.05) is 13.6 Å². The van der Waals surface area contributed by atoms with Crippen LogP contribution in [0.5, 0.6) is 0 Å². The molecule has 0 aromatic heterocycles. The quantitative estimate of drug-likeness (QED) is 0.696. The SMILES string of the molecule is CC(C)C1=NC2=CC(C(F)(F)F)=NCC2N1C. The highest BCUT2D eigenvalue weighted by molar-refractivity contribution is 6.02. The Labute approximate surface area is 97.7 Å². The fourth-order valence-corrected chi connectivity index (χ4v) is 2.07. The minimum absolute atomic E-state index is 0.122. The molecule has 0 N–H and O–H groups in total. The summed E-state index contributed by atoms with van der Waals surface area (Å²) in [5.41, 5.74) is -0.357. The highest BCUT2D eigenvalue weighted by atomic mass is 19.4. The zero-order chi connectivity index (χ0) is 12.8. The number of fused-ring (bicyclic) bond motifs is 1. The van der Waals surface area contributed by atoms with Crippen molar-refractivity contribution in [3.63, 3.8) is 0 Å². The van der Waals surface area contributed by atoms with E-state index in [1.54, 1.807) is 0 Å². The Morgan fingerprint density at radius 1 is 1.41 bits per heavy atom. The van der Waals surface area contributed by atoms with Crippen LogP contribution in [0.3, 0.4) is 0 Å². The number of likely N-dealkylation sites (N-methyl/N-ethyl adjacent to an activating group) is 1. The molecule has 0 spiro atoms. The van der Waals surface area contributed by atoms with Crippen LogP contribution in [0.1, 0.15) is 13.8 Å². The fourth-order valence-electron chi connectivity index (χ4n) is 2.07. The molecule has 0 aromatic carbocycles. The molecule has 94 valence electrons. The van der Waals surface area contributed by atoms with Crippen LogP contribution in [0.15, 0.2) is 21.8 Å². The monoisotopic (exact) mass is 245 g/mol. The molecule has 2 rings (SSSR count). The highest BCUT2D eigenvalue weighted by Crippen LogP contribution is 2.29. The van der Waals surface area contributed by atoms with Gasteiger partial charge in [0.05, 0.1) is 18.3 Å². The lowest BCUT2D eigenvalue weighted by atomic mass is 10.1. The summed E-state index contributed by atoms with van der Waals surface area (Å²) in [5.74, 6) is 1.01. The van der Waals surface area contributed by atoms with Gasteiger partial charge < -0.3 is 4.90 Å². The molecule has 0 bridgehead atoms. The van der Waals surface area contributed by atoms with Gasteiger partial charge in [0.2, 0.25) is 0 Å². The van der Waals surface area contributed by atoms with Crippen molar-refractivity contribution in [3.05, 3.63) is 11.8 Å². The van der Waals surface area contributed by atoms with Gasteiger partial charge in [0.1, 0.15) is 11.5 Å². The number of hydrogen-bond acceptors (Lipinski definition) is 3. The molecule has 1 atom stereocenters. The van der Waals surface area contributed by atoms with Crippen LogP contribution in [-0.4, -0.2) is 42.3 Å². The maximum atomic E-state index is 12.5. The predicted molar refractivity (Wildman–Crippen MR) is 60.3 cm³/mol. The van der Waals surface area contributed by atoms with Crippen molar-refractivity contribution >= 4 is 11.5 Å². The Balaban J connectivity index is 2.31. The van der Waals surface area contributed by atoms with Gasteiger partial charge >= 0.3 is 6.18 Å². The van der Waals surface area contributed by atoms with Crippen LogP contribution in [0.2, 0.25) is 0 Å². The van der Waals surface area contributed by atoms with Crippen molar-refractivity contribution in [1.29, 1.82) is 0 Å². The van der Waals surface area contributed by atoms with Gasteiger partial charge in [-0.15, -0.1) is 0 Å². The molecule has 2 heterocycles. The molecule has 0 aromatic rings. The molecule has 3 nitrogen and oxygen atoms in total. The van der Waals surface area contributed by atoms with Gasteiger partial charge in [-0.2, -0.15) is 13.2 Å². The molecule has 0 radical (unpaired) electrons. The molecular weight excluding hydrogens is 231 g/mol. The number of hydrogen-bond donors (Lipinski definition) is 0. The Morgan fingerprint density at radius 3 is 2.59 bits per heavy atom. The van der Waals surface area contributed by atoms with Crippen molar-refractivity contribution in [3.8, 4) is 0 Å². The Bertz CT molecular complexity index is 418. The van der Waals surface area contributed by atoms with Gasteiger partial charge in [-0.25, -0.2) is 4.99 Å². The number of alkyl halides is 3. The summed E-state index contributed by atoms with van der Waals surface area (Å²) >= 11 is 0. The molecule has 0 aliphatic carbocycles. The summed E-state index contributed by atoms with van der Waals surface area (Å²) in [6.45, 7) is 4.06. The normalized spacial score (nSPS) is 24.5. The zero-order valence-corrected chi connectivity index (χ0v) is 9.91. The lowest BCUT2D eigenvalue weighted by Crippen LogP contribution is -2.39. The Hall–Kier alpha value is -1.33. The van der Waals surface area contributed by atoms with E-state index < -0.39 is 11.9 Å². The van der Waals surface area contributed by atoms with Crippen LogP contribution in [0.4, 0.5) is 13.2 Å². The van der Waals surface area contributed by atoms with Crippen molar-refractivity contribution in [2.45, 2.75) is 26.1 Å². The van der Waals surface area contributed by atoms with E-state index in [-0.39, 0.29) is 18.5 Å². The van der Waals surface area contributed by atoms with E-state index in [4.69, 9.17) is 0 Å². The third-order valence-corrected chi connectivity index (χ3v) is 2.94. The first-order valence-electron chi connectivity index (χ1n) is 5.45. The first kappa shape index (κ1) is 12.1. The summed E-state index contributed by atoms with van der Waals surface area (Å²) < 4.78 is 37.5. The second-order valence-corrected chi connectivity index (χ2v) is 4.54. The second kappa shape index (κ2) is 3.85. The highest BCUT2D eigenvalue weighted by Gasteiger charge is 2.40. The number of halogens is 3. The van der Waals surface area contributed by atoms with Crippen LogP contribution in [0.25, 0.3) is 0 Å². The van der Waals surface area contributed by atoms with Gasteiger partial charge in [0.15, 0.2) is 0 Å². The minimum Gasteiger partial charge on any atom is -0.352 e. The van der Waals surface area contributed by atoms with Gasteiger partial charge in [-0.1, -0.05) is 13.8 Å². The van der Waals surface area contributed by atoms with E-state index in [1.807, 2.05) is 25.8 Å². The van der Waals surface area contributed by atoms with Gasteiger partial charge in [0.25, 0.3) is 0 Å². The third kappa shape index (κ3) is 2.08. The maximum Gasteiger partial charge on any atom is 0.432 e. The average Bonchev–Trinajstić information content (AvgIpc) is 2.54. The summed E-state index contributed by atoms with van der Waals surface area (Å²) in [4.78, 5) is 9.77. The van der Waals surface area contributed by atoms with E-state index in [9.17, 15) is 13.2 Å². The molecule has 2 aliphatic rings. The predicted octanol–water partition coefficient (Wildman–Crippen LogP) is 2.26. The average molecular weight is 245 g/mol. The molecule has 0 amide bonds. The van der Waals surface area contributed by atoms with E-state index in [0.29, 0.717) is 5.70 Å². The van der Waals surface area contributed by atoms with Gasteiger partial charge in [-0.05, 0) is 6.08 Å². The summed E-state index contributed by atoms with van der Waals surface area (Å²) in [7, 11) is 1.85. The first-order chi connectivity index (χ1) is 7.80. The van der Waals surface area contributed by atoms with Crippen LogP contribution < -0.4 is 0 Å². The van der Waals surface area contributed by atoms with Gasteiger partial charge in [-0.3, -0.25) is 4.99 Å².